The van der Waals surface area contributed by atoms with Crippen LogP contribution >= 0.6 is 0 Å². The van der Waals surface area contributed by atoms with Gasteiger partial charge in [0, 0.05) is 12.1 Å². The molecule has 2 amide bonds. The Labute approximate surface area is 195 Å². The lowest BCUT2D eigenvalue weighted by atomic mass is 10.0. The summed E-state index contributed by atoms with van der Waals surface area (Å²) in [5, 5.41) is 11.7. The molecule has 0 bridgehead atoms. The molecular formula is C26H22F3N3O2. The van der Waals surface area contributed by atoms with Crippen molar-refractivity contribution in [3.8, 4) is 6.07 Å². The van der Waals surface area contributed by atoms with E-state index in [1.165, 1.54) is 24.3 Å². The molecule has 1 unspecified atom stereocenters. The molecule has 0 saturated carbocycles. The average molecular weight is 465 g/mol. The highest BCUT2D eigenvalue weighted by Crippen LogP contribution is 2.23. The Bertz CT molecular complexity index is 1140. The topological polar surface area (TPSA) is 73.2 Å². The Morgan fingerprint density at radius 3 is 2.06 bits per heavy atom. The minimum atomic E-state index is -4.60. The van der Waals surface area contributed by atoms with Crippen LogP contribution in [0.3, 0.4) is 0 Å². The van der Waals surface area contributed by atoms with E-state index < -0.39 is 30.6 Å². The number of nitrogens with zero attached hydrogens (tertiary/aromatic N) is 2. The van der Waals surface area contributed by atoms with Crippen LogP contribution in [0.1, 0.15) is 39.5 Å². The first-order chi connectivity index (χ1) is 16.2. The summed E-state index contributed by atoms with van der Waals surface area (Å²) in [6.07, 6.45) is -4.95. The number of rotatable bonds is 8. The second-order valence-electron chi connectivity index (χ2n) is 7.68. The van der Waals surface area contributed by atoms with E-state index >= 15 is 0 Å². The monoisotopic (exact) mass is 465 g/mol. The lowest BCUT2D eigenvalue weighted by molar-refractivity contribution is -0.162. The van der Waals surface area contributed by atoms with Crippen molar-refractivity contribution in [2.75, 3.05) is 6.54 Å². The predicted molar refractivity (Wildman–Crippen MR) is 120 cm³/mol. The number of amides is 2. The van der Waals surface area contributed by atoms with Gasteiger partial charge < -0.3 is 10.2 Å². The molecule has 0 aromatic heterocycles. The lowest BCUT2D eigenvalue weighted by Crippen LogP contribution is -2.41. The summed E-state index contributed by atoms with van der Waals surface area (Å²) in [6, 6.07) is 24.1. The van der Waals surface area contributed by atoms with E-state index in [2.05, 4.69) is 5.32 Å². The molecule has 0 saturated heterocycles. The first kappa shape index (κ1) is 24.5. The van der Waals surface area contributed by atoms with Gasteiger partial charge in [-0.1, -0.05) is 60.7 Å². The number of hydrogen-bond acceptors (Lipinski definition) is 3. The van der Waals surface area contributed by atoms with Crippen LogP contribution in [0.5, 0.6) is 0 Å². The molecule has 1 N–H and O–H groups in total. The van der Waals surface area contributed by atoms with E-state index in [0.29, 0.717) is 27.2 Å². The number of benzene rings is 3. The van der Waals surface area contributed by atoms with Crippen molar-refractivity contribution in [2.45, 2.75) is 25.2 Å². The second-order valence-corrected chi connectivity index (χ2v) is 7.68. The van der Waals surface area contributed by atoms with Crippen LogP contribution in [-0.4, -0.2) is 29.4 Å². The first-order valence-corrected chi connectivity index (χ1v) is 10.5. The van der Waals surface area contributed by atoms with Crippen LogP contribution in [-0.2, 0) is 11.3 Å². The summed E-state index contributed by atoms with van der Waals surface area (Å²) in [5.74, 6) is -1.19. The maximum Gasteiger partial charge on any atom is 0.406 e. The quantitative estimate of drug-likeness (QED) is 0.508. The third-order valence-corrected chi connectivity index (χ3v) is 5.10. The molecule has 1 atom stereocenters. The van der Waals surface area contributed by atoms with E-state index in [9.17, 15) is 22.8 Å². The fourth-order valence-corrected chi connectivity index (χ4v) is 3.43. The Hall–Kier alpha value is -4.12. The van der Waals surface area contributed by atoms with Gasteiger partial charge in [0.25, 0.3) is 5.91 Å². The zero-order chi connectivity index (χ0) is 24.6. The normalized spacial score (nSPS) is 11.8. The van der Waals surface area contributed by atoms with Crippen LogP contribution in [0.4, 0.5) is 13.2 Å². The van der Waals surface area contributed by atoms with Gasteiger partial charge in [-0.25, -0.2) is 0 Å². The summed E-state index contributed by atoms with van der Waals surface area (Å²) in [4.78, 5) is 26.5. The van der Waals surface area contributed by atoms with Crippen LogP contribution in [0, 0.1) is 11.3 Å². The molecule has 0 radical (unpaired) electrons. The highest BCUT2D eigenvalue weighted by molar-refractivity contribution is 5.94. The van der Waals surface area contributed by atoms with Gasteiger partial charge >= 0.3 is 6.18 Å². The summed E-state index contributed by atoms with van der Waals surface area (Å²) >= 11 is 0. The zero-order valence-electron chi connectivity index (χ0n) is 18.1. The van der Waals surface area contributed by atoms with Crippen molar-refractivity contribution in [1.82, 2.24) is 10.2 Å². The van der Waals surface area contributed by atoms with Crippen molar-refractivity contribution in [3.63, 3.8) is 0 Å². The molecular weight excluding hydrogens is 443 g/mol. The van der Waals surface area contributed by atoms with Gasteiger partial charge in [-0.15, -0.1) is 0 Å². The number of hydrogen-bond donors (Lipinski definition) is 1. The van der Waals surface area contributed by atoms with E-state index in [-0.39, 0.29) is 13.0 Å². The van der Waals surface area contributed by atoms with Crippen LogP contribution in [0.25, 0.3) is 0 Å². The van der Waals surface area contributed by atoms with Crippen LogP contribution in [0.2, 0.25) is 0 Å². The van der Waals surface area contributed by atoms with Gasteiger partial charge in [-0.2, -0.15) is 18.4 Å². The molecule has 0 aliphatic heterocycles. The van der Waals surface area contributed by atoms with Gasteiger partial charge in [0.2, 0.25) is 5.91 Å². The molecule has 0 fully saturated rings. The molecule has 5 nitrogen and oxygen atoms in total. The smallest absolute Gasteiger partial charge is 0.345 e. The highest BCUT2D eigenvalue weighted by atomic mass is 19.4. The minimum Gasteiger partial charge on any atom is -0.345 e. The average Bonchev–Trinajstić information content (AvgIpc) is 2.84. The van der Waals surface area contributed by atoms with Crippen molar-refractivity contribution in [3.05, 3.63) is 107 Å². The molecule has 34 heavy (non-hydrogen) atoms. The van der Waals surface area contributed by atoms with E-state index in [1.807, 2.05) is 6.07 Å². The minimum absolute atomic E-state index is 0.280. The van der Waals surface area contributed by atoms with Crippen molar-refractivity contribution < 1.29 is 22.8 Å². The number of carbonyl (C=O) groups is 2. The van der Waals surface area contributed by atoms with Gasteiger partial charge in [0.05, 0.1) is 24.1 Å². The van der Waals surface area contributed by atoms with Crippen molar-refractivity contribution in [2.24, 2.45) is 0 Å². The predicted octanol–water partition coefficient (Wildman–Crippen LogP) is 5.01. The number of nitrogens with one attached hydrogen (secondary N) is 1. The molecule has 174 valence electrons. The van der Waals surface area contributed by atoms with Crippen molar-refractivity contribution >= 4 is 11.8 Å². The van der Waals surface area contributed by atoms with Gasteiger partial charge in [0.15, 0.2) is 0 Å². The summed E-state index contributed by atoms with van der Waals surface area (Å²) in [6.45, 7) is -1.71. The Balaban J connectivity index is 1.82. The Kier molecular flexibility index (Phi) is 8.04. The number of carbonyl (C=O) groups excluding carboxylic acids is 2. The maximum atomic E-state index is 13.3. The second kappa shape index (κ2) is 11.1. The van der Waals surface area contributed by atoms with Crippen LogP contribution in [0.15, 0.2) is 84.9 Å². The molecule has 0 aliphatic rings. The highest BCUT2D eigenvalue weighted by Gasteiger charge is 2.34. The molecule has 0 heterocycles. The SMILES string of the molecule is N#Cc1ccc(CN(CC(F)(F)F)C(=O)CC(NC(=O)c2ccccc2)c2ccccc2)cc1. The van der Waals surface area contributed by atoms with Crippen molar-refractivity contribution in [1.29, 1.82) is 5.26 Å². The number of halogens is 3. The zero-order valence-corrected chi connectivity index (χ0v) is 18.1. The van der Waals surface area contributed by atoms with Gasteiger partial charge in [-0.3, -0.25) is 9.59 Å². The Morgan fingerprint density at radius 1 is 0.912 bits per heavy atom. The molecule has 8 heteroatoms. The fourth-order valence-electron chi connectivity index (χ4n) is 3.43. The molecule has 3 rings (SSSR count). The number of nitriles is 1. The maximum absolute atomic E-state index is 13.3. The summed E-state index contributed by atoms with van der Waals surface area (Å²) < 4.78 is 39.8. The third kappa shape index (κ3) is 7.20. The largest absolute Gasteiger partial charge is 0.406 e. The fraction of sp³-hybridized carbons (Fsp3) is 0.192. The Morgan fingerprint density at radius 2 is 1.50 bits per heavy atom. The molecule has 3 aromatic rings. The van der Waals surface area contributed by atoms with E-state index in [4.69, 9.17) is 5.26 Å². The van der Waals surface area contributed by atoms with Gasteiger partial charge in [-0.05, 0) is 35.4 Å². The van der Waals surface area contributed by atoms with Gasteiger partial charge in [0.1, 0.15) is 6.54 Å². The number of alkyl halides is 3. The third-order valence-electron chi connectivity index (χ3n) is 5.10. The van der Waals surface area contributed by atoms with E-state index in [1.54, 1.807) is 60.7 Å². The standard InChI is InChI=1S/C26H22F3N3O2/c27-26(28,29)18-32(17-20-13-11-19(16-30)12-14-20)24(33)15-23(21-7-3-1-4-8-21)31-25(34)22-9-5-2-6-10-22/h1-14,23H,15,17-18H2,(H,31,34). The van der Waals surface area contributed by atoms with E-state index in [0.717, 1.165) is 0 Å². The summed E-state index contributed by atoms with van der Waals surface area (Å²) in [5.41, 5.74) is 1.80. The molecule has 0 aliphatic carbocycles. The lowest BCUT2D eigenvalue weighted by Gasteiger charge is -2.27. The summed E-state index contributed by atoms with van der Waals surface area (Å²) in [7, 11) is 0. The molecule has 0 spiro atoms. The molecule has 3 aromatic carbocycles. The first-order valence-electron chi connectivity index (χ1n) is 10.5. The van der Waals surface area contributed by atoms with Crippen LogP contribution < -0.4 is 5.32 Å².